The second-order valence-electron chi connectivity index (χ2n) is 4.99. The van der Waals surface area contributed by atoms with Crippen LogP contribution >= 0.6 is 0 Å². The standard InChI is InChI=1S/C13H17FN4O3/c1-3-7(2)11(15)10-4-8(21-17-10)5-18-6-9(14)12(19)16-13(18)20/h4,6-7,11H,3,5,15H2,1-2H3,(H,16,19,20)/t7?,11-/m0/s1. The lowest BCUT2D eigenvalue weighted by molar-refractivity contribution is 0.352. The molecule has 2 aromatic heterocycles. The van der Waals surface area contributed by atoms with E-state index < -0.39 is 17.1 Å². The van der Waals surface area contributed by atoms with Gasteiger partial charge in [-0.2, -0.15) is 4.39 Å². The highest BCUT2D eigenvalue weighted by Gasteiger charge is 2.18. The Bertz CT molecular complexity index is 734. The van der Waals surface area contributed by atoms with Crippen LogP contribution in [0.25, 0.3) is 0 Å². The molecule has 2 aromatic rings. The molecule has 0 aliphatic rings. The average Bonchev–Trinajstić information content (AvgIpc) is 2.91. The second kappa shape index (κ2) is 6.04. The van der Waals surface area contributed by atoms with E-state index in [1.54, 1.807) is 6.07 Å². The van der Waals surface area contributed by atoms with Crippen molar-refractivity contribution >= 4 is 0 Å². The van der Waals surface area contributed by atoms with Gasteiger partial charge in [0, 0.05) is 6.07 Å². The van der Waals surface area contributed by atoms with E-state index >= 15 is 0 Å². The highest BCUT2D eigenvalue weighted by Crippen LogP contribution is 2.21. The van der Waals surface area contributed by atoms with E-state index in [0.717, 1.165) is 17.2 Å². The Kier molecular flexibility index (Phi) is 4.37. The Morgan fingerprint density at radius 1 is 1.52 bits per heavy atom. The van der Waals surface area contributed by atoms with Crippen LogP contribution in [0.2, 0.25) is 0 Å². The fourth-order valence-corrected chi connectivity index (χ4v) is 1.87. The molecule has 0 amide bonds. The zero-order valence-corrected chi connectivity index (χ0v) is 11.8. The van der Waals surface area contributed by atoms with E-state index in [1.807, 2.05) is 18.8 Å². The summed E-state index contributed by atoms with van der Waals surface area (Å²) in [7, 11) is 0. The normalized spacial score (nSPS) is 14.1. The summed E-state index contributed by atoms with van der Waals surface area (Å²) in [5.74, 6) is -0.445. The molecule has 114 valence electrons. The number of H-pyrrole nitrogens is 1. The van der Waals surface area contributed by atoms with Crippen LogP contribution in [-0.2, 0) is 6.54 Å². The van der Waals surface area contributed by atoms with Gasteiger partial charge in [-0.3, -0.25) is 14.3 Å². The van der Waals surface area contributed by atoms with Crippen LogP contribution in [0.15, 0.2) is 26.4 Å². The molecule has 2 heterocycles. The van der Waals surface area contributed by atoms with Crippen LogP contribution in [0.1, 0.15) is 37.8 Å². The lowest BCUT2D eigenvalue weighted by atomic mass is 9.97. The molecule has 0 radical (unpaired) electrons. The van der Waals surface area contributed by atoms with Crippen LogP contribution in [0.3, 0.4) is 0 Å². The first-order valence-corrected chi connectivity index (χ1v) is 6.62. The molecule has 0 saturated heterocycles. The van der Waals surface area contributed by atoms with E-state index in [9.17, 15) is 14.0 Å². The zero-order chi connectivity index (χ0) is 15.6. The quantitative estimate of drug-likeness (QED) is 0.847. The van der Waals surface area contributed by atoms with Crippen molar-refractivity contribution < 1.29 is 8.91 Å². The topological polar surface area (TPSA) is 107 Å². The summed E-state index contributed by atoms with van der Waals surface area (Å²) in [6.45, 7) is 3.99. The highest BCUT2D eigenvalue weighted by atomic mass is 19.1. The second-order valence-corrected chi connectivity index (χ2v) is 4.99. The molecule has 3 N–H and O–H groups in total. The number of hydrogen-bond acceptors (Lipinski definition) is 5. The summed E-state index contributed by atoms with van der Waals surface area (Å²) in [5, 5.41) is 3.87. The number of rotatable bonds is 5. The van der Waals surface area contributed by atoms with Gasteiger partial charge < -0.3 is 10.3 Å². The van der Waals surface area contributed by atoms with Gasteiger partial charge in [-0.15, -0.1) is 0 Å². The molecule has 0 fully saturated rings. The highest BCUT2D eigenvalue weighted by molar-refractivity contribution is 5.11. The fraction of sp³-hybridized carbons (Fsp3) is 0.462. The molecule has 0 bridgehead atoms. The van der Waals surface area contributed by atoms with Gasteiger partial charge in [0.05, 0.1) is 18.8 Å². The van der Waals surface area contributed by atoms with Crippen molar-refractivity contribution in [3.8, 4) is 0 Å². The molecule has 0 spiro atoms. The van der Waals surface area contributed by atoms with Gasteiger partial charge in [0.15, 0.2) is 5.76 Å². The largest absolute Gasteiger partial charge is 0.359 e. The van der Waals surface area contributed by atoms with E-state index in [-0.39, 0.29) is 18.5 Å². The summed E-state index contributed by atoms with van der Waals surface area (Å²) in [5.41, 5.74) is 4.85. The minimum atomic E-state index is -1.05. The molecule has 2 rings (SSSR count). The van der Waals surface area contributed by atoms with Gasteiger partial charge in [-0.1, -0.05) is 25.4 Å². The molecule has 1 unspecified atom stereocenters. The summed E-state index contributed by atoms with van der Waals surface area (Å²) in [6, 6.07) is 1.36. The molecule has 0 saturated carbocycles. The molecule has 2 atom stereocenters. The maximum absolute atomic E-state index is 13.2. The third kappa shape index (κ3) is 3.27. The number of aromatic nitrogens is 3. The maximum Gasteiger partial charge on any atom is 0.328 e. The number of halogens is 1. The van der Waals surface area contributed by atoms with E-state index in [1.165, 1.54) is 0 Å². The van der Waals surface area contributed by atoms with Crippen molar-refractivity contribution in [2.45, 2.75) is 32.9 Å². The van der Waals surface area contributed by atoms with Crippen molar-refractivity contribution in [2.75, 3.05) is 0 Å². The number of nitrogens with one attached hydrogen (secondary N) is 1. The molecule has 0 aromatic carbocycles. The van der Waals surface area contributed by atoms with E-state index in [0.29, 0.717) is 11.5 Å². The predicted octanol–water partition coefficient (Wildman–Crippen LogP) is 0.758. The number of aromatic amines is 1. The van der Waals surface area contributed by atoms with Crippen molar-refractivity contribution in [2.24, 2.45) is 11.7 Å². The van der Waals surface area contributed by atoms with Gasteiger partial charge in [-0.25, -0.2) is 4.79 Å². The van der Waals surface area contributed by atoms with Gasteiger partial charge in [0.2, 0.25) is 5.82 Å². The molecule has 0 aliphatic carbocycles. The van der Waals surface area contributed by atoms with Crippen LogP contribution in [0, 0.1) is 11.7 Å². The Hall–Kier alpha value is -2.22. The molecule has 7 nitrogen and oxygen atoms in total. The maximum atomic E-state index is 13.2. The van der Waals surface area contributed by atoms with Crippen molar-refractivity contribution in [1.82, 2.24) is 14.7 Å². The number of hydrogen-bond donors (Lipinski definition) is 2. The first kappa shape index (κ1) is 15.2. The lowest BCUT2D eigenvalue weighted by Gasteiger charge is -2.14. The average molecular weight is 296 g/mol. The summed E-state index contributed by atoms with van der Waals surface area (Å²) >= 11 is 0. The molecule has 21 heavy (non-hydrogen) atoms. The minimum absolute atomic E-state index is 0.0350. The summed E-state index contributed by atoms with van der Waals surface area (Å²) in [6.07, 6.45) is 1.73. The third-order valence-electron chi connectivity index (χ3n) is 3.47. The van der Waals surface area contributed by atoms with Crippen LogP contribution in [-0.4, -0.2) is 14.7 Å². The molecular formula is C13H17FN4O3. The zero-order valence-electron chi connectivity index (χ0n) is 11.8. The van der Waals surface area contributed by atoms with Crippen molar-refractivity contribution in [1.29, 1.82) is 0 Å². The fourth-order valence-electron chi connectivity index (χ4n) is 1.87. The van der Waals surface area contributed by atoms with Crippen LogP contribution < -0.4 is 17.0 Å². The monoisotopic (exact) mass is 296 g/mol. The Morgan fingerprint density at radius 3 is 2.90 bits per heavy atom. The van der Waals surface area contributed by atoms with Crippen molar-refractivity contribution in [3.05, 3.63) is 50.4 Å². The van der Waals surface area contributed by atoms with Crippen LogP contribution in [0.5, 0.6) is 0 Å². The number of nitrogens with zero attached hydrogens (tertiary/aromatic N) is 2. The molecule has 8 heteroatoms. The summed E-state index contributed by atoms with van der Waals surface area (Å²) in [4.78, 5) is 24.4. The van der Waals surface area contributed by atoms with Crippen molar-refractivity contribution in [3.63, 3.8) is 0 Å². The van der Waals surface area contributed by atoms with Gasteiger partial charge in [-0.05, 0) is 5.92 Å². The summed E-state index contributed by atoms with van der Waals surface area (Å²) < 4.78 is 19.3. The van der Waals surface area contributed by atoms with Gasteiger partial charge >= 0.3 is 5.69 Å². The Morgan fingerprint density at radius 2 is 2.24 bits per heavy atom. The Balaban J connectivity index is 2.22. The first-order valence-electron chi connectivity index (χ1n) is 6.62. The Labute approximate surface area is 119 Å². The van der Waals surface area contributed by atoms with Crippen LogP contribution in [0.4, 0.5) is 4.39 Å². The third-order valence-corrected chi connectivity index (χ3v) is 3.47. The van der Waals surface area contributed by atoms with Gasteiger partial charge in [0.1, 0.15) is 5.69 Å². The van der Waals surface area contributed by atoms with E-state index in [4.69, 9.17) is 10.3 Å². The smallest absolute Gasteiger partial charge is 0.328 e. The molecular weight excluding hydrogens is 279 g/mol. The molecule has 0 aliphatic heterocycles. The van der Waals surface area contributed by atoms with E-state index in [2.05, 4.69) is 5.16 Å². The number of nitrogens with two attached hydrogens (primary N) is 1. The minimum Gasteiger partial charge on any atom is -0.359 e. The SMILES string of the molecule is CCC(C)[C@H](N)c1cc(Cn2cc(F)c(=O)[nH]c2=O)on1. The predicted molar refractivity (Wildman–Crippen MR) is 73.3 cm³/mol. The lowest BCUT2D eigenvalue weighted by Crippen LogP contribution is -2.31. The van der Waals surface area contributed by atoms with Gasteiger partial charge in [0.25, 0.3) is 5.56 Å². The first-order chi connectivity index (χ1) is 9.92.